The molecule has 0 amide bonds. The zero-order valence-corrected chi connectivity index (χ0v) is 13.3. The van der Waals surface area contributed by atoms with Crippen molar-refractivity contribution >= 4 is 6.29 Å². The van der Waals surface area contributed by atoms with Crippen LogP contribution in [-0.2, 0) is 4.79 Å². The SMILES string of the molecule is C[C@]12CC[C@H]3[C@@H](CC[C@H]4C[C@H](O)CC[C@@H]43)[C@@H]1CC[C@@H]2C=O. The van der Waals surface area contributed by atoms with E-state index in [1.807, 2.05) is 0 Å². The van der Waals surface area contributed by atoms with E-state index in [9.17, 15) is 9.90 Å². The standard InChI is InChI=1S/C19H30O2/c1-19-9-8-16-15-6-4-14(21)10-12(15)2-5-17(16)18(19)7-3-13(19)11-20/h11-18,21H,2-10H2,1H3/t12-,13+,14+,15-,16+,17+,18-,19+/m0/s1. The lowest BCUT2D eigenvalue weighted by molar-refractivity contribution is -0.119. The van der Waals surface area contributed by atoms with Gasteiger partial charge in [0.05, 0.1) is 6.10 Å². The third-order valence-corrected chi connectivity index (χ3v) is 8.16. The Labute approximate surface area is 128 Å². The van der Waals surface area contributed by atoms with Crippen LogP contribution in [0.1, 0.15) is 64.7 Å². The summed E-state index contributed by atoms with van der Waals surface area (Å²) in [6.45, 7) is 2.41. The molecule has 4 fully saturated rings. The maximum atomic E-state index is 11.5. The summed E-state index contributed by atoms with van der Waals surface area (Å²) in [7, 11) is 0. The molecule has 0 aliphatic heterocycles. The summed E-state index contributed by atoms with van der Waals surface area (Å²) in [5.41, 5.74) is 0.309. The van der Waals surface area contributed by atoms with Gasteiger partial charge in [-0.25, -0.2) is 0 Å². The molecule has 0 aromatic carbocycles. The second-order valence-electron chi connectivity index (χ2n) is 8.77. The number of aliphatic hydroxyl groups is 1. The van der Waals surface area contributed by atoms with E-state index in [0.717, 1.165) is 48.9 Å². The van der Waals surface area contributed by atoms with Gasteiger partial charge in [0.2, 0.25) is 0 Å². The van der Waals surface area contributed by atoms with E-state index in [1.54, 1.807) is 0 Å². The summed E-state index contributed by atoms with van der Waals surface area (Å²) >= 11 is 0. The molecule has 4 aliphatic rings. The summed E-state index contributed by atoms with van der Waals surface area (Å²) < 4.78 is 0. The minimum Gasteiger partial charge on any atom is -0.393 e. The van der Waals surface area contributed by atoms with E-state index < -0.39 is 0 Å². The zero-order valence-electron chi connectivity index (χ0n) is 13.3. The van der Waals surface area contributed by atoms with Gasteiger partial charge in [-0.05, 0) is 92.8 Å². The fraction of sp³-hybridized carbons (Fsp3) is 0.947. The van der Waals surface area contributed by atoms with Crippen molar-refractivity contribution in [2.75, 3.05) is 0 Å². The predicted octanol–water partition coefficient (Wildman–Crippen LogP) is 3.82. The van der Waals surface area contributed by atoms with Gasteiger partial charge in [0.15, 0.2) is 0 Å². The number of fused-ring (bicyclic) bond motifs is 5. The van der Waals surface area contributed by atoms with Crippen LogP contribution in [-0.4, -0.2) is 17.5 Å². The molecular formula is C19H30O2. The van der Waals surface area contributed by atoms with Gasteiger partial charge in [-0.2, -0.15) is 0 Å². The highest BCUT2D eigenvalue weighted by molar-refractivity contribution is 5.56. The minimum absolute atomic E-state index is 0.0254. The first-order valence-corrected chi connectivity index (χ1v) is 9.27. The molecule has 4 rings (SSSR count). The molecule has 0 saturated heterocycles. The highest BCUT2D eigenvalue weighted by Gasteiger charge is 2.56. The summed E-state index contributed by atoms with van der Waals surface area (Å²) in [6, 6.07) is 0. The number of aliphatic hydroxyl groups excluding tert-OH is 1. The molecule has 0 bridgehead atoms. The molecule has 4 aliphatic carbocycles. The van der Waals surface area contributed by atoms with Crippen molar-refractivity contribution in [1.29, 1.82) is 0 Å². The van der Waals surface area contributed by atoms with Gasteiger partial charge in [0.1, 0.15) is 6.29 Å². The lowest BCUT2D eigenvalue weighted by Gasteiger charge is -2.55. The Kier molecular flexibility index (Phi) is 3.44. The first-order chi connectivity index (χ1) is 10.1. The van der Waals surface area contributed by atoms with Gasteiger partial charge < -0.3 is 9.90 Å². The maximum Gasteiger partial charge on any atom is 0.123 e. The predicted molar refractivity (Wildman–Crippen MR) is 82.7 cm³/mol. The Morgan fingerprint density at radius 2 is 1.76 bits per heavy atom. The smallest absolute Gasteiger partial charge is 0.123 e. The summed E-state index contributed by atoms with van der Waals surface area (Å²) in [5.74, 6) is 4.59. The number of hydrogen-bond donors (Lipinski definition) is 1. The van der Waals surface area contributed by atoms with Crippen LogP contribution in [0.3, 0.4) is 0 Å². The van der Waals surface area contributed by atoms with E-state index in [2.05, 4.69) is 6.92 Å². The van der Waals surface area contributed by atoms with Crippen molar-refractivity contribution in [3.05, 3.63) is 0 Å². The van der Waals surface area contributed by atoms with Crippen LogP contribution in [0.5, 0.6) is 0 Å². The lowest BCUT2D eigenvalue weighted by Crippen LogP contribution is -2.49. The summed E-state index contributed by atoms with van der Waals surface area (Å²) in [6.07, 6.45) is 12.3. The zero-order chi connectivity index (χ0) is 14.6. The van der Waals surface area contributed by atoms with E-state index in [-0.39, 0.29) is 6.10 Å². The lowest BCUT2D eigenvalue weighted by atomic mass is 9.50. The van der Waals surface area contributed by atoms with Crippen molar-refractivity contribution in [2.24, 2.45) is 40.9 Å². The third-order valence-electron chi connectivity index (χ3n) is 8.16. The number of carbonyl (C=O) groups excluding carboxylic acids is 1. The van der Waals surface area contributed by atoms with Crippen LogP contribution >= 0.6 is 0 Å². The van der Waals surface area contributed by atoms with Crippen molar-refractivity contribution in [2.45, 2.75) is 70.8 Å². The molecule has 0 aromatic heterocycles. The Hall–Kier alpha value is -0.370. The molecule has 0 spiro atoms. The number of rotatable bonds is 1. The number of carbonyl (C=O) groups is 1. The molecular weight excluding hydrogens is 260 g/mol. The molecule has 2 heteroatoms. The van der Waals surface area contributed by atoms with Crippen molar-refractivity contribution in [3.63, 3.8) is 0 Å². The van der Waals surface area contributed by atoms with Gasteiger partial charge in [0, 0.05) is 5.92 Å². The quantitative estimate of drug-likeness (QED) is 0.746. The van der Waals surface area contributed by atoms with Gasteiger partial charge >= 0.3 is 0 Å². The fourth-order valence-electron chi connectivity index (χ4n) is 7.09. The molecule has 0 aromatic rings. The second kappa shape index (κ2) is 5.08. The molecule has 1 N–H and O–H groups in total. The fourth-order valence-corrected chi connectivity index (χ4v) is 7.09. The molecule has 0 unspecified atom stereocenters. The van der Waals surface area contributed by atoms with Gasteiger partial charge in [0.25, 0.3) is 0 Å². The molecule has 4 saturated carbocycles. The van der Waals surface area contributed by atoms with Gasteiger partial charge in [-0.3, -0.25) is 0 Å². The van der Waals surface area contributed by atoms with Gasteiger partial charge in [-0.1, -0.05) is 6.92 Å². The average Bonchev–Trinajstić information content (AvgIpc) is 2.83. The second-order valence-corrected chi connectivity index (χ2v) is 8.77. The Morgan fingerprint density at radius 1 is 0.952 bits per heavy atom. The molecule has 2 nitrogen and oxygen atoms in total. The van der Waals surface area contributed by atoms with Gasteiger partial charge in [-0.15, -0.1) is 0 Å². The largest absolute Gasteiger partial charge is 0.393 e. The van der Waals surface area contributed by atoms with Crippen LogP contribution in [0.15, 0.2) is 0 Å². The van der Waals surface area contributed by atoms with E-state index in [4.69, 9.17) is 0 Å². The average molecular weight is 290 g/mol. The highest BCUT2D eigenvalue weighted by Crippen LogP contribution is 2.63. The molecule has 8 atom stereocenters. The molecule has 21 heavy (non-hydrogen) atoms. The van der Waals surface area contributed by atoms with Crippen LogP contribution in [0, 0.1) is 40.9 Å². The van der Waals surface area contributed by atoms with Crippen molar-refractivity contribution < 1.29 is 9.90 Å². The monoisotopic (exact) mass is 290 g/mol. The number of hydrogen-bond acceptors (Lipinski definition) is 2. The van der Waals surface area contributed by atoms with Crippen LogP contribution in [0.25, 0.3) is 0 Å². The third kappa shape index (κ3) is 2.04. The van der Waals surface area contributed by atoms with E-state index in [1.165, 1.54) is 44.8 Å². The van der Waals surface area contributed by atoms with Crippen molar-refractivity contribution in [3.8, 4) is 0 Å². The van der Waals surface area contributed by atoms with E-state index >= 15 is 0 Å². The first kappa shape index (κ1) is 14.2. The van der Waals surface area contributed by atoms with Crippen LogP contribution in [0.2, 0.25) is 0 Å². The van der Waals surface area contributed by atoms with Crippen LogP contribution in [0.4, 0.5) is 0 Å². The van der Waals surface area contributed by atoms with Crippen molar-refractivity contribution in [1.82, 2.24) is 0 Å². The normalized spacial score (nSPS) is 56.2. The summed E-state index contributed by atoms with van der Waals surface area (Å²) in [4.78, 5) is 11.5. The molecule has 0 radical (unpaired) electrons. The molecule has 0 heterocycles. The highest BCUT2D eigenvalue weighted by atomic mass is 16.3. The van der Waals surface area contributed by atoms with Crippen LogP contribution < -0.4 is 0 Å². The summed E-state index contributed by atoms with van der Waals surface area (Å²) in [5, 5.41) is 9.96. The molecule has 118 valence electrons. The Balaban J connectivity index is 1.56. The Bertz CT molecular complexity index is 420. The topological polar surface area (TPSA) is 37.3 Å². The maximum absolute atomic E-state index is 11.5. The number of aldehydes is 1. The Morgan fingerprint density at radius 3 is 2.57 bits per heavy atom. The van der Waals surface area contributed by atoms with E-state index in [0.29, 0.717) is 11.3 Å². The minimum atomic E-state index is -0.0254. The first-order valence-electron chi connectivity index (χ1n) is 9.27.